The Labute approximate surface area is 250 Å². The molecule has 0 atom stereocenters. The molecule has 4 aliphatic heterocycles. The number of morpholine rings is 1. The molecule has 0 aliphatic carbocycles. The summed E-state index contributed by atoms with van der Waals surface area (Å²) in [5.74, 6) is 1.29. The van der Waals surface area contributed by atoms with Crippen molar-refractivity contribution in [2.45, 2.75) is 19.4 Å². The number of fused-ring (bicyclic) bond motifs is 2. The Bertz CT molecular complexity index is 1390. The van der Waals surface area contributed by atoms with Gasteiger partial charge in [-0.15, -0.1) is 0 Å². The van der Waals surface area contributed by atoms with Gasteiger partial charge in [0.2, 0.25) is 11.9 Å². The summed E-state index contributed by atoms with van der Waals surface area (Å²) in [5, 5.41) is 19.5. The van der Waals surface area contributed by atoms with E-state index in [0.717, 1.165) is 57.2 Å². The van der Waals surface area contributed by atoms with E-state index in [1.807, 2.05) is 18.2 Å². The number of anilines is 4. The molecule has 4 aliphatic rings. The number of benzene rings is 2. The first-order chi connectivity index (χ1) is 20.6. The van der Waals surface area contributed by atoms with E-state index in [2.05, 4.69) is 53.9 Å². The van der Waals surface area contributed by atoms with Crippen molar-refractivity contribution in [1.82, 2.24) is 25.1 Å². The van der Waals surface area contributed by atoms with E-state index in [0.29, 0.717) is 66.3 Å². The first kappa shape index (κ1) is 29.5. The molecule has 7 rings (SSSR count). The summed E-state index contributed by atoms with van der Waals surface area (Å²) in [6.07, 6.45) is 2.55. The Hall–Kier alpha value is -3.95. The number of carbonyl (C=O) groups excluding carboxylic acids is 1. The maximum Gasteiger partial charge on any atom is 0.229 e. The van der Waals surface area contributed by atoms with Crippen LogP contribution in [0, 0.1) is 11.3 Å². The first-order valence-corrected chi connectivity index (χ1v) is 14.5. The summed E-state index contributed by atoms with van der Waals surface area (Å²) in [6, 6.07) is 15.5. The van der Waals surface area contributed by atoms with Gasteiger partial charge in [0.05, 0.1) is 31.0 Å². The van der Waals surface area contributed by atoms with Crippen molar-refractivity contribution in [1.29, 1.82) is 5.26 Å². The number of carbonyl (C=O) groups is 1. The lowest BCUT2D eigenvalue weighted by molar-refractivity contribution is -0.121. The lowest BCUT2D eigenvalue weighted by Gasteiger charge is -2.30. The van der Waals surface area contributed by atoms with E-state index in [1.54, 1.807) is 12.1 Å². The minimum absolute atomic E-state index is 0.0222. The van der Waals surface area contributed by atoms with Gasteiger partial charge in [0.25, 0.3) is 0 Å². The lowest BCUT2D eigenvalue weighted by atomic mass is 10.1. The number of nitrogens with one attached hydrogen (secondary N) is 3. The Morgan fingerprint density at radius 3 is 2.55 bits per heavy atom. The van der Waals surface area contributed by atoms with Crippen LogP contribution >= 0.6 is 11.6 Å². The highest BCUT2D eigenvalue weighted by molar-refractivity contribution is 6.32. The van der Waals surface area contributed by atoms with Crippen LogP contribution in [-0.2, 0) is 16.1 Å². The summed E-state index contributed by atoms with van der Waals surface area (Å²) in [4.78, 5) is 26.2. The Kier molecular flexibility index (Phi) is 10.4. The number of halogens is 1. The van der Waals surface area contributed by atoms with Crippen LogP contribution in [0.1, 0.15) is 24.0 Å². The first-order valence-electron chi connectivity index (χ1n) is 14.2. The van der Waals surface area contributed by atoms with E-state index in [-0.39, 0.29) is 5.91 Å². The third-order valence-corrected chi connectivity index (χ3v) is 7.41. The van der Waals surface area contributed by atoms with E-state index in [9.17, 15) is 10.1 Å². The average Bonchev–Trinajstić information content (AvgIpc) is 3.00. The summed E-state index contributed by atoms with van der Waals surface area (Å²) < 4.78 is 11.3. The summed E-state index contributed by atoms with van der Waals surface area (Å²) in [6.45, 7) is 7.46. The monoisotopic (exact) mass is 590 g/mol. The average molecular weight is 591 g/mol. The van der Waals surface area contributed by atoms with Crippen LogP contribution in [-0.4, -0.2) is 84.8 Å². The van der Waals surface area contributed by atoms with Gasteiger partial charge in [-0.05, 0) is 42.3 Å². The molecule has 11 nitrogen and oxygen atoms in total. The van der Waals surface area contributed by atoms with Crippen LogP contribution in [0.25, 0.3) is 0 Å². The predicted octanol–water partition coefficient (Wildman–Crippen LogP) is 3.91. The molecule has 1 amide bonds. The van der Waals surface area contributed by atoms with Crippen molar-refractivity contribution in [3.8, 4) is 11.8 Å². The highest BCUT2D eigenvalue weighted by Gasteiger charge is 2.15. The van der Waals surface area contributed by atoms with Crippen LogP contribution in [0.3, 0.4) is 0 Å². The largest absolute Gasteiger partial charge is 0.492 e. The van der Waals surface area contributed by atoms with Gasteiger partial charge < -0.3 is 25.4 Å². The zero-order chi connectivity index (χ0) is 29.1. The number of nitriles is 1. The minimum atomic E-state index is 0.0222. The molecule has 5 heterocycles. The number of amides is 1. The maximum absolute atomic E-state index is 12.6. The SMILES string of the molecule is N#Cc1cnc2nc1Nc1ccc(cc1)CN(CCN1CCOCC1)CCC(=O)NCCCOc1ccc(cc1Cl)N2. The van der Waals surface area contributed by atoms with Gasteiger partial charge in [-0.2, -0.15) is 10.2 Å². The van der Waals surface area contributed by atoms with E-state index in [1.165, 1.54) is 6.20 Å². The fraction of sp³-hybridized carbons (Fsp3) is 0.400. The Balaban J connectivity index is 1.34. The van der Waals surface area contributed by atoms with Gasteiger partial charge in [0.1, 0.15) is 17.4 Å². The van der Waals surface area contributed by atoms with Gasteiger partial charge in [0, 0.05) is 63.6 Å². The molecule has 42 heavy (non-hydrogen) atoms. The molecule has 0 radical (unpaired) electrons. The van der Waals surface area contributed by atoms with Crippen LogP contribution in [0.5, 0.6) is 5.75 Å². The molecule has 1 fully saturated rings. The molecule has 2 aromatic carbocycles. The predicted molar refractivity (Wildman–Crippen MR) is 161 cm³/mol. The number of nitrogens with zero attached hydrogens (tertiary/aromatic N) is 5. The Morgan fingerprint density at radius 2 is 1.76 bits per heavy atom. The second kappa shape index (κ2) is 14.8. The van der Waals surface area contributed by atoms with Crippen molar-refractivity contribution in [3.05, 3.63) is 64.8 Å². The molecular weight excluding hydrogens is 556 g/mol. The summed E-state index contributed by atoms with van der Waals surface area (Å²) >= 11 is 6.45. The highest BCUT2D eigenvalue weighted by atomic mass is 35.5. The maximum atomic E-state index is 12.6. The molecule has 3 aromatic rings. The minimum Gasteiger partial charge on any atom is -0.492 e. The van der Waals surface area contributed by atoms with Crippen molar-refractivity contribution in [2.24, 2.45) is 0 Å². The fourth-order valence-electron chi connectivity index (χ4n) is 4.74. The number of hydrogen-bond donors (Lipinski definition) is 3. The van der Waals surface area contributed by atoms with E-state index in [4.69, 9.17) is 21.1 Å². The van der Waals surface area contributed by atoms with Crippen LogP contribution in [0.4, 0.5) is 23.1 Å². The number of rotatable bonds is 3. The topological polar surface area (TPSA) is 128 Å². The van der Waals surface area contributed by atoms with Crippen molar-refractivity contribution >= 4 is 40.6 Å². The third kappa shape index (κ3) is 8.53. The fourth-order valence-corrected chi connectivity index (χ4v) is 4.98. The smallest absolute Gasteiger partial charge is 0.229 e. The standard InChI is InChI=1S/C30H35ClN8O3/c31-26-18-25-6-7-27(26)42-15-1-9-33-28(40)8-10-39(12-11-38-13-16-41-17-14-38)21-22-2-4-24(5-3-22)35-29-23(19-32)20-34-30(36-25)37-29/h2-7,18,20H,1,8-17,21H2,(H,33,40)(H2,34,35,36,37). The second-order valence-corrected chi connectivity index (χ2v) is 10.6. The molecule has 0 unspecified atom stereocenters. The molecule has 12 heteroatoms. The van der Waals surface area contributed by atoms with Gasteiger partial charge in [-0.25, -0.2) is 4.98 Å². The number of hydrogen-bond acceptors (Lipinski definition) is 10. The van der Waals surface area contributed by atoms with E-state index >= 15 is 0 Å². The Morgan fingerprint density at radius 1 is 0.976 bits per heavy atom. The normalized spacial score (nSPS) is 17.4. The van der Waals surface area contributed by atoms with Gasteiger partial charge >= 0.3 is 0 Å². The van der Waals surface area contributed by atoms with Gasteiger partial charge in [-0.3, -0.25) is 14.6 Å². The van der Waals surface area contributed by atoms with E-state index < -0.39 is 0 Å². The highest BCUT2D eigenvalue weighted by Crippen LogP contribution is 2.29. The lowest BCUT2D eigenvalue weighted by Crippen LogP contribution is -2.42. The number of aromatic nitrogens is 2. The van der Waals surface area contributed by atoms with Crippen LogP contribution in [0.2, 0.25) is 5.02 Å². The molecule has 1 aromatic heterocycles. The molecule has 3 N–H and O–H groups in total. The third-order valence-electron chi connectivity index (χ3n) is 7.11. The molecule has 0 saturated carbocycles. The number of ether oxygens (including phenoxy) is 2. The molecule has 0 spiro atoms. The molecular formula is C30H35ClN8O3. The molecule has 1 saturated heterocycles. The molecule has 220 valence electrons. The summed E-state index contributed by atoms with van der Waals surface area (Å²) in [5.41, 5.74) is 2.92. The van der Waals surface area contributed by atoms with Crippen molar-refractivity contribution in [3.63, 3.8) is 0 Å². The summed E-state index contributed by atoms with van der Waals surface area (Å²) in [7, 11) is 0. The van der Waals surface area contributed by atoms with Crippen LogP contribution in [0.15, 0.2) is 48.7 Å². The zero-order valence-corrected chi connectivity index (χ0v) is 24.2. The quantitative estimate of drug-likeness (QED) is 0.413. The van der Waals surface area contributed by atoms with Crippen molar-refractivity contribution < 1.29 is 14.3 Å². The van der Waals surface area contributed by atoms with Crippen LogP contribution < -0.4 is 20.7 Å². The molecule has 6 bridgehead atoms. The van der Waals surface area contributed by atoms with Gasteiger partial charge in [-0.1, -0.05) is 23.7 Å². The van der Waals surface area contributed by atoms with Gasteiger partial charge in [0.15, 0.2) is 5.82 Å². The zero-order valence-electron chi connectivity index (χ0n) is 23.4. The second-order valence-electron chi connectivity index (χ2n) is 10.2. The van der Waals surface area contributed by atoms with Crippen molar-refractivity contribution in [2.75, 3.05) is 69.7 Å².